The summed E-state index contributed by atoms with van der Waals surface area (Å²) in [5.41, 5.74) is 0.707. The number of rotatable bonds is 7. The highest BCUT2D eigenvalue weighted by Gasteiger charge is 2.30. The number of nitrogens with zero attached hydrogens (tertiary/aromatic N) is 2. The van der Waals surface area contributed by atoms with E-state index in [1.165, 1.54) is 16.2 Å². The highest BCUT2D eigenvalue weighted by atomic mass is 32.1. The fourth-order valence-electron chi connectivity index (χ4n) is 1.50. The van der Waals surface area contributed by atoms with Gasteiger partial charge in [-0.05, 0) is 13.1 Å². The Labute approximate surface area is 109 Å². The van der Waals surface area contributed by atoms with Crippen molar-refractivity contribution in [2.24, 2.45) is 0 Å². The summed E-state index contributed by atoms with van der Waals surface area (Å²) in [6, 6.07) is 0. The number of hydrogen-bond donors (Lipinski definition) is 1. The molecule has 0 atom stereocenters. The van der Waals surface area contributed by atoms with Crippen molar-refractivity contribution in [1.29, 1.82) is 0 Å². The number of aromatic nitrogens is 1. The molecule has 0 aliphatic rings. The van der Waals surface area contributed by atoms with E-state index in [-0.39, 0.29) is 6.54 Å². The minimum absolute atomic E-state index is 0.249. The van der Waals surface area contributed by atoms with Crippen LogP contribution in [0.3, 0.4) is 0 Å². The molecule has 1 aromatic heterocycles. The van der Waals surface area contributed by atoms with Crippen LogP contribution in [0.1, 0.15) is 24.5 Å². The van der Waals surface area contributed by atoms with Crippen LogP contribution in [0.25, 0.3) is 0 Å². The molecule has 0 spiro atoms. The summed E-state index contributed by atoms with van der Waals surface area (Å²) in [6.45, 7) is 4.97. The average molecular weight is 281 g/mol. The van der Waals surface area contributed by atoms with Gasteiger partial charge in [0.1, 0.15) is 5.01 Å². The van der Waals surface area contributed by atoms with Crippen molar-refractivity contribution in [2.75, 3.05) is 19.6 Å². The SMILES string of the molecule is CCNCc1nc(CN(CC)CC(F)(F)F)cs1. The van der Waals surface area contributed by atoms with Gasteiger partial charge in [0.05, 0.1) is 12.2 Å². The molecular weight excluding hydrogens is 263 g/mol. The van der Waals surface area contributed by atoms with Gasteiger partial charge in [-0.1, -0.05) is 13.8 Å². The molecule has 1 aromatic rings. The highest BCUT2D eigenvalue weighted by Crippen LogP contribution is 2.18. The second-order valence-electron chi connectivity index (χ2n) is 3.93. The predicted molar refractivity (Wildman–Crippen MR) is 66.5 cm³/mol. The summed E-state index contributed by atoms with van der Waals surface area (Å²) in [5, 5.41) is 5.87. The zero-order chi connectivity index (χ0) is 13.6. The van der Waals surface area contributed by atoms with Gasteiger partial charge < -0.3 is 5.32 Å². The van der Waals surface area contributed by atoms with Crippen LogP contribution < -0.4 is 5.32 Å². The van der Waals surface area contributed by atoms with Gasteiger partial charge in [-0.15, -0.1) is 11.3 Å². The van der Waals surface area contributed by atoms with E-state index < -0.39 is 12.7 Å². The molecule has 0 bridgehead atoms. The fraction of sp³-hybridized carbons (Fsp3) is 0.727. The first-order chi connectivity index (χ1) is 8.44. The first-order valence-electron chi connectivity index (χ1n) is 5.87. The standard InChI is InChI=1S/C11H18F3N3S/c1-3-15-5-10-16-9(7-18-10)6-17(4-2)8-11(12,13)14/h7,15H,3-6,8H2,1-2H3. The molecule has 0 fully saturated rings. The molecule has 104 valence electrons. The summed E-state index contributed by atoms with van der Waals surface area (Å²) in [5.74, 6) is 0. The lowest BCUT2D eigenvalue weighted by atomic mass is 10.4. The lowest BCUT2D eigenvalue weighted by molar-refractivity contribution is -0.146. The molecule has 3 nitrogen and oxygen atoms in total. The Kier molecular flexibility index (Phi) is 6.04. The van der Waals surface area contributed by atoms with Crippen LogP contribution in [0, 0.1) is 0 Å². The quantitative estimate of drug-likeness (QED) is 0.833. The molecule has 0 aliphatic carbocycles. The van der Waals surface area contributed by atoms with Crippen molar-refractivity contribution >= 4 is 11.3 Å². The molecule has 18 heavy (non-hydrogen) atoms. The van der Waals surface area contributed by atoms with Crippen molar-refractivity contribution in [1.82, 2.24) is 15.2 Å². The van der Waals surface area contributed by atoms with E-state index in [9.17, 15) is 13.2 Å². The van der Waals surface area contributed by atoms with Gasteiger partial charge in [-0.2, -0.15) is 13.2 Å². The van der Waals surface area contributed by atoms with Gasteiger partial charge in [0.2, 0.25) is 0 Å². The van der Waals surface area contributed by atoms with Crippen LogP contribution in [-0.4, -0.2) is 35.7 Å². The molecule has 0 unspecified atom stereocenters. The van der Waals surface area contributed by atoms with E-state index in [2.05, 4.69) is 10.3 Å². The number of thiazole rings is 1. The Morgan fingerprint density at radius 1 is 1.39 bits per heavy atom. The second kappa shape index (κ2) is 7.06. The molecule has 1 N–H and O–H groups in total. The molecule has 1 heterocycles. The molecule has 0 aromatic carbocycles. The van der Waals surface area contributed by atoms with Gasteiger partial charge in [0.25, 0.3) is 0 Å². The largest absolute Gasteiger partial charge is 0.401 e. The van der Waals surface area contributed by atoms with E-state index in [0.717, 1.165) is 11.6 Å². The maximum Gasteiger partial charge on any atom is 0.401 e. The predicted octanol–water partition coefficient (Wildman–Crippen LogP) is 2.64. The smallest absolute Gasteiger partial charge is 0.311 e. The summed E-state index contributed by atoms with van der Waals surface area (Å²) in [4.78, 5) is 5.65. The zero-order valence-corrected chi connectivity index (χ0v) is 11.4. The Morgan fingerprint density at radius 2 is 2.11 bits per heavy atom. The van der Waals surface area contributed by atoms with Gasteiger partial charge in [0, 0.05) is 18.5 Å². The molecule has 1 rings (SSSR count). The molecular formula is C11H18F3N3S. The monoisotopic (exact) mass is 281 g/mol. The number of hydrogen-bond acceptors (Lipinski definition) is 4. The number of halogens is 3. The molecule has 0 saturated heterocycles. The van der Waals surface area contributed by atoms with Crippen LogP contribution in [-0.2, 0) is 13.1 Å². The Balaban J connectivity index is 2.51. The molecule has 0 amide bonds. The first-order valence-corrected chi connectivity index (χ1v) is 6.75. The first kappa shape index (κ1) is 15.4. The van der Waals surface area contributed by atoms with Crippen molar-refractivity contribution in [2.45, 2.75) is 33.1 Å². The third-order valence-corrected chi connectivity index (χ3v) is 3.26. The topological polar surface area (TPSA) is 28.2 Å². The number of nitrogens with one attached hydrogen (secondary N) is 1. The second-order valence-corrected chi connectivity index (χ2v) is 4.87. The van der Waals surface area contributed by atoms with Gasteiger partial charge in [0.15, 0.2) is 0 Å². The van der Waals surface area contributed by atoms with Gasteiger partial charge >= 0.3 is 6.18 Å². The maximum absolute atomic E-state index is 12.3. The van der Waals surface area contributed by atoms with E-state index in [1.807, 2.05) is 12.3 Å². The highest BCUT2D eigenvalue weighted by molar-refractivity contribution is 7.09. The van der Waals surface area contributed by atoms with Crippen molar-refractivity contribution in [3.05, 3.63) is 16.1 Å². The summed E-state index contributed by atoms with van der Waals surface area (Å²) < 4.78 is 36.9. The summed E-state index contributed by atoms with van der Waals surface area (Å²) in [6.07, 6.45) is -4.15. The van der Waals surface area contributed by atoms with Crippen molar-refractivity contribution < 1.29 is 13.2 Å². The van der Waals surface area contributed by atoms with E-state index in [1.54, 1.807) is 6.92 Å². The normalized spacial score (nSPS) is 12.3. The Hall–Kier alpha value is -0.660. The summed E-state index contributed by atoms with van der Waals surface area (Å²) >= 11 is 1.48. The van der Waals surface area contributed by atoms with Gasteiger partial charge in [-0.25, -0.2) is 4.98 Å². The van der Waals surface area contributed by atoms with Crippen LogP contribution >= 0.6 is 11.3 Å². The molecule has 0 radical (unpaired) electrons. The van der Waals surface area contributed by atoms with E-state index >= 15 is 0 Å². The Bertz CT molecular complexity index is 352. The number of alkyl halides is 3. The van der Waals surface area contributed by atoms with Crippen LogP contribution in [0.15, 0.2) is 5.38 Å². The van der Waals surface area contributed by atoms with Crippen LogP contribution in [0.4, 0.5) is 13.2 Å². The average Bonchev–Trinajstić information content (AvgIpc) is 2.71. The minimum Gasteiger partial charge on any atom is -0.311 e. The fourth-order valence-corrected chi connectivity index (χ4v) is 2.25. The van der Waals surface area contributed by atoms with E-state index in [0.29, 0.717) is 18.8 Å². The molecule has 0 aliphatic heterocycles. The third kappa shape index (κ3) is 5.79. The van der Waals surface area contributed by atoms with Gasteiger partial charge in [-0.3, -0.25) is 4.90 Å². The van der Waals surface area contributed by atoms with Crippen LogP contribution in [0.5, 0.6) is 0 Å². The lowest BCUT2D eigenvalue weighted by Gasteiger charge is -2.20. The zero-order valence-electron chi connectivity index (χ0n) is 10.5. The van der Waals surface area contributed by atoms with Crippen LogP contribution in [0.2, 0.25) is 0 Å². The summed E-state index contributed by atoms with van der Waals surface area (Å²) in [7, 11) is 0. The van der Waals surface area contributed by atoms with Crippen molar-refractivity contribution in [3.8, 4) is 0 Å². The molecule has 7 heteroatoms. The lowest BCUT2D eigenvalue weighted by Crippen LogP contribution is -2.33. The Morgan fingerprint density at radius 3 is 2.67 bits per heavy atom. The van der Waals surface area contributed by atoms with E-state index in [4.69, 9.17) is 0 Å². The van der Waals surface area contributed by atoms with Crippen molar-refractivity contribution in [3.63, 3.8) is 0 Å². The maximum atomic E-state index is 12.3. The third-order valence-electron chi connectivity index (χ3n) is 2.36. The minimum atomic E-state index is -4.15. The molecule has 0 saturated carbocycles.